The molecule has 0 spiro atoms. The molecule has 0 fully saturated rings. The summed E-state index contributed by atoms with van der Waals surface area (Å²) in [5, 5.41) is 21.3. The number of fused-ring (bicyclic) bond motifs is 1. The summed E-state index contributed by atoms with van der Waals surface area (Å²) in [6.45, 7) is 0.170. The minimum Gasteiger partial charge on any atom is -0.508 e. The number of carboxylic acids is 1. The van der Waals surface area contributed by atoms with Crippen LogP contribution < -0.4 is 11.1 Å². The second kappa shape index (κ2) is 7.77. The van der Waals surface area contributed by atoms with Gasteiger partial charge in [-0.2, -0.15) is 0 Å². The topological polar surface area (TPSA) is 130 Å². The fourth-order valence-electron chi connectivity index (χ4n) is 2.94. The molecular formula is C19H20N4O4. The molecule has 0 aliphatic rings. The number of para-hydroxylation sites is 2. The van der Waals surface area contributed by atoms with Crippen molar-refractivity contribution in [1.29, 1.82) is 0 Å². The summed E-state index contributed by atoms with van der Waals surface area (Å²) in [5.74, 6) is -0.938. The van der Waals surface area contributed by atoms with Crippen LogP contribution in [0.4, 0.5) is 5.95 Å². The number of hydrogen-bond donors (Lipinski definition) is 4. The normalized spacial score (nSPS) is 12.0. The summed E-state index contributed by atoms with van der Waals surface area (Å²) in [7, 11) is 0. The number of carboxylic acid groups (broad SMARTS) is 1. The highest BCUT2D eigenvalue weighted by Gasteiger charge is 2.24. The maximum absolute atomic E-state index is 12.2. The van der Waals surface area contributed by atoms with Crippen molar-refractivity contribution in [3.8, 4) is 5.75 Å². The largest absolute Gasteiger partial charge is 0.508 e. The van der Waals surface area contributed by atoms with Crippen molar-refractivity contribution in [3.05, 3.63) is 54.1 Å². The number of aromatic nitrogens is 2. The van der Waals surface area contributed by atoms with Gasteiger partial charge in [-0.15, -0.1) is 0 Å². The first kappa shape index (κ1) is 18.2. The molecule has 8 nitrogen and oxygen atoms in total. The molecule has 140 valence electrons. The minimum atomic E-state index is -0.930. The molecule has 1 unspecified atom stereocenters. The van der Waals surface area contributed by atoms with Crippen LogP contribution in [0, 0.1) is 0 Å². The van der Waals surface area contributed by atoms with Crippen LogP contribution in [0.25, 0.3) is 11.0 Å². The van der Waals surface area contributed by atoms with Gasteiger partial charge in [-0.25, -0.2) is 4.98 Å². The molecule has 0 bridgehead atoms. The van der Waals surface area contributed by atoms with Crippen LogP contribution in [0.3, 0.4) is 0 Å². The first-order valence-corrected chi connectivity index (χ1v) is 8.45. The molecule has 0 radical (unpaired) electrons. The van der Waals surface area contributed by atoms with Crippen LogP contribution >= 0.6 is 0 Å². The molecule has 1 atom stereocenters. The average Bonchev–Trinajstić information content (AvgIpc) is 2.98. The molecular weight excluding hydrogens is 348 g/mol. The highest BCUT2D eigenvalue weighted by Crippen LogP contribution is 2.27. The number of phenolic OH excluding ortho intramolecular Hbond substituents is 1. The lowest BCUT2D eigenvalue weighted by Gasteiger charge is -2.19. The maximum atomic E-state index is 12.2. The van der Waals surface area contributed by atoms with Gasteiger partial charge < -0.3 is 21.3 Å². The van der Waals surface area contributed by atoms with E-state index in [0.717, 1.165) is 11.1 Å². The van der Waals surface area contributed by atoms with Gasteiger partial charge in [0.2, 0.25) is 11.9 Å². The zero-order valence-corrected chi connectivity index (χ0v) is 14.5. The van der Waals surface area contributed by atoms with E-state index in [0.29, 0.717) is 17.9 Å². The summed E-state index contributed by atoms with van der Waals surface area (Å²) in [6.07, 6.45) is 0.228. The fraction of sp³-hybridized carbons (Fsp3) is 0.211. The smallest absolute Gasteiger partial charge is 0.305 e. The van der Waals surface area contributed by atoms with Crippen LogP contribution in [0.2, 0.25) is 0 Å². The number of nitrogens with two attached hydrogens (primary N) is 1. The fourth-order valence-corrected chi connectivity index (χ4v) is 2.94. The monoisotopic (exact) mass is 368 g/mol. The third-order valence-electron chi connectivity index (χ3n) is 4.22. The van der Waals surface area contributed by atoms with Crippen molar-refractivity contribution in [1.82, 2.24) is 9.55 Å². The maximum Gasteiger partial charge on any atom is 0.305 e. The highest BCUT2D eigenvalue weighted by molar-refractivity contribution is 5.85. The number of amides is 1. The van der Waals surface area contributed by atoms with Crippen molar-refractivity contribution < 1.29 is 19.8 Å². The molecule has 0 saturated carbocycles. The molecule has 2 aromatic carbocycles. The van der Waals surface area contributed by atoms with E-state index in [2.05, 4.69) is 10.3 Å². The highest BCUT2D eigenvalue weighted by atomic mass is 16.4. The molecule has 27 heavy (non-hydrogen) atoms. The number of nitrogens with zero attached hydrogens (tertiary/aromatic N) is 2. The Labute approximate surface area is 155 Å². The second-order valence-corrected chi connectivity index (χ2v) is 6.15. The molecule has 3 aromatic rings. The predicted molar refractivity (Wildman–Crippen MR) is 101 cm³/mol. The van der Waals surface area contributed by atoms with Crippen molar-refractivity contribution in [2.75, 3.05) is 11.9 Å². The van der Waals surface area contributed by atoms with Crippen molar-refractivity contribution >= 4 is 28.9 Å². The first-order valence-electron chi connectivity index (χ1n) is 8.45. The molecule has 8 heteroatoms. The van der Waals surface area contributed by atoms with E-state index in [1.54, 1.807) is 28.8 Å². The number of benzene rings is 2. The van der Waals surface area contributed by atoms with Crippen LogP contribution in [-0.4, -0.2) is 38.2 Å². The summed E-state index contributed by atoms with van der Waals surface area (Å²) in [6, 6.07) is 13.1. The zero-order valence-electron chi connectivity index (χ0n) is 14.5. The minimum absolute atomic E-state index is 0.0809. The number of carbonyl (C=O) groups is 2. The summed E-state index contributed by atoms with van der Waals surface area (Å²) in [5.41, 5.74) is 7.90. The first-order chi connectivity index (χ1) is 13.0. The molecule has 1 aromatic heterocycles. The number of phenols is 1. The Morgan fingerprint density at radius 1 is 1.15 bits per heavy atom. The molecule has 0 aliphatic carbocycles. The molecule has 1 amide bonds. The Bertz CT molecular complexity index is 966. The molecule has 5 N–H and O–H groups in total. The van der Waals surface area contributed by atoms with Gasteiger partial charge in [0.25, 0.3) is 0 Å². The van der Waals surface area contributed by atoms with Gasteiger partial charge in [0.1, 0.15) is 11.8 Å². The van der Waals surface area contributed by atoms with E-state index < -0.39 is 17.9 Å². The van der Waals surface area contributed by atoms with Crippen molar-refractivity contribution in [2.24, 2.45) is 5.73 Å². The lowest BCUT2D eigenvalue weighted by Crippen LogP contribution is -2.29. The van der Waals surface area contributed by atoms with Crippen LogP contribution in [0.15, 0.2) is 48.5 Å². The van der Waals surface area contributed by atoms with E-state index in [4.69, 9.17) is 10.8 Å². The number of imidazole rings is 1. The van der Waals surface area contributed by atoms with E-state index in [1.165, 1.54) is 0 Å². The van der Waals surface area contributed by atoms with Gasteiger partial charge in [-0.05, 0) is 29.8 Å². The third kappa shape index (κ3) is 4.17. The van der Waals surface area contributed by atoms with Gasteiger partial charge in [0, 0.05) is 13.0 Å². The molecule has 1 heterocycles. The number of rotatable bonds is 8. The van der Waals surface area contributed by atoms with Gasteiger partial charge in [-0.3, -0.25) is 14.2 Å². The van der Waals surface area contributed by atoms with Crippen molar-refractivity contribution in [2.45, 2.75) is 18.9 Å². The van der Waals surface area contributed by atoms with Gasteiger partial charge in [0.15, 0.2) is 0 Å². The average molecular weight is 368 g/mol. The van der Waals surface area contributed by atoms with Crippen LogP contribution in [-0.2, 0) is 16.0 Å². The number of carbonyl (C=O) groups excluding carboxylic acids is 1. The Kier molecular flexibility index (Phi) is 5.25. The predicted octanol–water partition coefficient (Wildman–Crippen LogP) is 1.90. The number of aliphatic carboxylic acids is 1. The van der Waals surface area contributed by atoms with Crippen LogP contribution in [0.5, 0.6) is 5.75 Å². The summed E-state index contributed by atoms with van der Waals surface area (Å²) < 4.78 is 1.70. The number of aromatic hydroxyl groups is 1. The number of hydrogen-bond acceptors (Lipinski definition) is 5. The van der Waals surface area contributed by atoms with E-state index >= 15 is 0 Å². The van der Waals surface area contributed by atoms with Gasteiger partial charge in [-0.1, -0.05) is 24.3 Å². The second-order valence-electron chi connectivity index (χ2n) is 6.15. The number of nitrogens with one attached hydrogen (secondary N) is 1. The molecule has 0 saturated heterocycles. The third-order valence-corrected chi connectivity index (χ3v) is 4.22. The lowest BCUT2D eigenvalue weighted by molar-refractivity contribution is -0.136. The van der Waals surface area contributed by atoms with E-state index in [9.17, 15) is 14.7 Å². The van der Waals surface area contributed by atoms with Gasteiger partial charge >= 0.3 is 5.97 Å². The van der Waals surface area contributed by atoms with Gasteiger partial charge in [0.05, 0.1) is 17.5 Å². The van der Waals surface area contributed by atoms with E-state index in [-0.39, 0.29) is 18.7 Å². The number of primary amides is 1. The Balaban J connectivity index is 2.00. The van der Waals surface area contributed by atoms with E-state index in [1.807, 2.05) is 24.3 Å². The lowest BCUT2D eigenvalue weighted by atomic mass is 10.0. The Morgan fingerprint density at radius 3 is 2.52 bits per heavy atom. The summed E-state index contributed by atoms with van der Waals surface area (Å²) in [4.78, 5) is 27.5. The van der Waals surface area contributed by atoms with Crippen molar-refractivity contribution in [3.63, 3.8) is 0 Å². The standard InChI is InChI=1S/C19H20N4O4/c20-18(27)16(11-12-5-7-13(24)8-6-12)23-15-4-2-1-3-14(15)22-19(23)21-10-9-17(25)26/h1-8,16,24H,9-11H2,(H2,20,27)(H,21,22)(H,25,26). The Morgan fingerprint density at radius 2 is 1.85 bits per heavy atom. The van der Waals surface area contributed by atoms with Crippen LogP contribution in [0.1, 0.15) is 18.0 Å². The Hall–Kier alpha value is -3.55. The number of anilines is 1. The zero-order chi connectivity index (χ0) is 19.4. The SMILES string of the molecule is NC(=O)C(Cc1ccc(O)cc1)n1c(NCCC(=O)O)nc2ccccc21. The molecule has 0 aliphatic heterocycles. The summed E-state index contributed by atoms with van der Waals surface area (Å²) >= 11 is 0. The quantitative estimate of drug-likeness (QED) is 0.480. The molecule has 3 rings (SSSR count).